The third-order valence-corrected chi connectivity index (χ3v) is 3.73. The fourth-order valence-electron chi connectivity index (χ4n) is 2.51. The first-order valence-electron chi connectivity index (χ1n) is 7.70. The van der Waals surface area contributed by atoms with Crippen molar-refractivity contribution in [1.82, 2.24) is 9.88 Å². The summed E-state index contributed by atoms with van der Waals surface area (Å²) in [5.74, 6) is 2.37. The van der Waals surface area contributed by atoms with Crippen LogP contribution >= 0.6 is 0 Å². The van der Waals surface area contributed by atoms with Crippen LogP contribution in [0.3, 0.4) is 0 Å². The van der Waals surface area contributed by atoms with E-state index < -0.39 is 0 Å². The fraction of sp³-hybridized carbons (Fsp3) is 0.222. The smallest absolute Gasteiger partial charge is 0.219 e. The second kappa shape index (κ2) is 7.50. The van der Waals surface area contributed by atoms with Crippen molar-refractivity contribution in [2.45, 2.75) is 6.42 Å². The van der Waals surface area contributed by atoms with Gasteiger partial charge in [-0.1, -0.05) is 17.3 Å². The Labute approximate surface area is 140 Å². The lowest BCUT2D eigenvalue weighted by molar-refractivity contribution is 0.303. The van der Waals surface area contributed by atoms with Crippen LogP contribution in [0.2, 0.25) is 0 Å². The summed E-state index contributed by atoms with van der Waals surface area (Å²) in [6.45, 7) is 1.53. The minimum Gasteiger partial charge on any atom is -0.497 e. The zero-order valence-electron chi connectivity index (χ0n) is 13.4. The number of amidine groups is 1. The normalized spacial score (nSPS) is 14.5. The third-order valence-electron chi connectivity index (χ3n) is 3.73. The zero-order valence-corrected chi connectivity index (χ0v) is 13.4. The van der Waals surface area contributed by atoms with Crippen LogP contribution in [-0.4, -0.2) is 41.1 Å². The van der Waals surface area contributed by atoms with Gasteiger partial charge in [-0.25, -0.2) is 4.98 Å². The Morgan fingerprint density at radius 2 is 1.96 bits per heavy atom. The summed E-state index contributed by atoms with van der Waals surface area (Å²) in [7, 11) is 1.62. The van der Waals surface area contributed by atoms with Gasteiger partial charge >= 0.3 is 0 Å². The summed E-state index contributed by atoms with van der Waals surface area (Å²) in [5.41, 5.74) is 0.756. The molecule has 0 aliphatic carbocycles. The van der Waals surface area contributed by atoms with Gasteiger partial charge in [-0.2, -0.15) is 0 Å². The average molecular weight is 325 g/mol. The fourth-order valence-corrected chi connectivity index (χ4v) is 2.51. The lowest BCUT2D eigenvalue weighted by atomic mass is 10.2. The quantitative estimate of drug-likeness (QED) is 0.307. The van der Waals surface area contributed by atoms with E-state index in [0.29, 0.717) is 17.5 Å². The molecule has 0 atom stereocenters. The summed E-state index contributed by atoms with van der Waals surface area (Å²) in [5, 5.41) is 12.9. The molecule has 3 rings (SSSR count). The van der Waals surface area contributed by atoms with Crippen LogP contribution in [-0.2, 0) is 0 Å². The van der Waals surface area contributed by atoms with Crippen LogP contribution in [0.25, 0.3) is 0 Å². The number of pyridine rings is 1. The third kappa shape index (κ3) is 3.65. The van der Waals surface area contributed by atoms with E-state index in [0.717, 1.165) is 30.8 Å². The number of hydrogen-bond acceptors (Lipinski definition) is 5. The number of hydrogen-bond donors (Lipinski definition) is 1. The van der Waals surface area contributed by atoms with Crippen molar-refractivity contribution < 1.29 is 14.7 Å². The summed E-state index contributed by atoms with van der Waals surface area (Å²) >= 11 is 0. The summed E-state index contributed by atoms with van der Waals surface area (Å²) in [6, 6.07) is 10.8. The van der Waals surface area contributed by atoms with Gasteiger partial charge in [-0.05, 0) is 36.8 Å². The van der Waals surface area contributed by atoms with Crippen LogP contribution in [0.15, 0.2) is 59.9 Å². The van der Waals surface area contributed by atoms with Crippen LogP contribution in [0, 0.1) is 0 Å². The number of rotatable bonds is 4. The molecule has 0 spiro atoms. The van der Waals surface area contributed by atoms with Crippen LogP contribution in [0.5, 0.6) is 17.4 Å². The lowest BCUT2D eigenvalue weighted by Crippen LogP contribution is -2.34. The molecule has 124 valence electrons. The van der Waals surface area contributed by atoms with Crippen molar-refractivity contribution in [1.29, 1.82) is 0 Å². The van der Waals surface area contributed by atoms with E-state index in [1.54, 1.807) is 25.4 Å². The molecule has 1 N–H and O–H groups in total. The van der Waals surface area contributed by atoms with Crippen molar-refractivity contribution in [2.24, 2.45) is 5.16 Å². The molecule has 0 unspecified atom stereocenters. The monoisotopic (exact) mass is 325 g/mol. The minimum absolute atomic E-state index is 0.436. The van der Waals surface area contributed by atoms with E-state index in [1.807, 2.05) is 29.2 Å². The molecule has 24 heavy (non-hydrogen) atoms. The number of methoxy groups -OCH3 is 1. The van der Waals surface area contributed by atoms with E-state index in [2.05, 4.69) is 22.3 Å². The average Bonchev–Trinajstić information content (AvgIpc) is 2.64. The highest BCUT2D eigenvalue weighted by Gasteiger charge is 2.16. The van der Waals surface area contributed by atoms with E-state index >= 15 is 0 Å². The SMILES string of the molecule is COc1ccc(Oc2cc(/C(=N/O)N3CC=CCC3)ccn2)cc1. The second-order valence-corrected chi connectivity index (χ2v) is 5.29. The maximum Gasteiger partial charge on any atom is 0.219 e. The second-order valence-electron chi connectivity index (χ2n) is 5.29. The first-order chi connectivity index (χ1) is 11.8. The summed E-state index contributed by atoms with van der Waals surface area (Å²) in [6.07, 6.45) is 6.75. The van der Waals surface area contributed by atoms with Crippen LogP contribution in [0.4, 0.5) is 0 Å². The molecule has 0 saturated carbocycles. The van der Waals surface area contributed by atoms with Gasteiger partial charge in [0.25, 0.3) is 0 Å². The molecule has 2 aromatic rings. The van der Waals surface area contributed by atoms with Gasteiger partial charge in [0.2, 0.25) is 5.88 Å². The predicted molar refractivity (Wildman–Crippen MR) is 91.0 cm³/mol. The molecule has 1 aliphatic heterocycles. The standard InChI is InChI=1S/C18H19N3O3/c1-23-15-5-7-16(8-6-15)24-17-13-14(9-10-19-17)18(20-22)21-11-3-2-4-12-21/h2-3,5-10,13,22H,4,11-12H2,1H3/b20-18-. The highest BCUT2D eigenvalue weighted by Crippen LogP contribution is 2.23. The molecule has 0 bridgehead atoms. The van der Waals surface area contributed by atoms with Crippen molar-refractivity contribution in [3.63, 3.8) is 0 Å². The first-order valence-corrected chi connectivity index (χ1v) is 7.70. The summed E-state index contributed by atoms with van der Waals surface area (Å²) < 4.78 is 10.9. The topological polar surface area (TPSA) is 67.2 Å². The number of oxime groups is 1. The highest BCUT2D eigenvalue weighted by atomic mass is 16.5. The Hall–Kier alpha value is -3.02. The molecule has 0 radical (unpaired) electrons. The van der Waals surface area contributed by atoms with Crippen molar-refractivity contribution in [2.75, 3.05) is 20.2 Å². The Morgan fingerprint density at radius 3 is 2.62 bits per heavy atom. The molecule has 2 heterocycles. The molecule has 1 aromatic carbocycles. The number of aromatic nitrogens is 1. The van der Waals surface area contributed by atoms with Crippen molar-refractivity contribution in [3.8, 4) is 17.4 Å². The molecule has 6 nitrogen and oxygen atoms in total. The van der Waals surface area contributed by atoms with Crippen molar-refractivity contribution in [3.05, 3.63) is 60.3 Å². The highest BCUT2D eigenvalue weighted by molar-refractivity contribution is 5.98. The minimum atomic E-state index is 0.436. The van der Waals surface area contributed by atoms with Gasteiger partial charge in [-0.3, -0.25) is 0 Å². The molecular formula is C18H19N3O3. The van der Waals surface area contributed by atoms with Crippen molar-refractivity contribution >= 4 is 5.84 Å². The van der Waals surface area contributed by atoms with E-state index in [-0.39, 0.29) is 0 Å². The first kappa shape index (κ1) is 15.9. The van der Waals surface area contributed by atoms with Crippen LogP contribution in [0.1, 0.15) is 12.0 Å². The Kier molecular flexibility index (Phi) is 4.96. The Balaban J connectivity index is 1.78. The van der Waals surface area contributed by atoms with E-state index in [4.69, 9.17) is 9.47 Å². The van der Waals surface area contributed by atoms with Gasteiger partial charge in [0, 0.05) is 30.9 Å². The van der Waals surface area contributed by atoms with E-state index in [1.165, 1.54) is 0 Å². The number of nitrogens with zero attached hydrogens (tertiary/aromatic N) is 3. The zero-order chi connectivity index (χ0) is 16.8. The lowest BCUT2D eigenvalue weighted by Gasteiger charge is -2.25. The molecule has 0 amide bonds. The molecule has 0 fully saturated rings. The molecule has 0 saturated heterocycles. The maximum absolute atomic E-state index is 9.42. The van der Waals surface area contributed by atoms with Gasteiger partial charge in [-0.15, -0.1) is 0 Å². The van der Waals surface area contributed by atoms with Gasteiger partial charge in [0.05, 0.1) is 7.11 Å². The maximum atomic E-state index is 9.42. The molecule has 1 aliphatic rings. The van der Waals surface area contributed by atoms with Crippen LogP contribution < -0.4 is 9.47 Å². The Morgan fingerprint density at radius 1 is 1.17 bits per heavy atom. The van der Waals surface area contributed by atoms with Gasteiger partial charge < -0.3 is 19.6 Å². The van der Waals surface area contributed by atoms with E-state index in [9.17, 15) is 5.21 Å². The summed E-state index contributed by atoms with van der Waals surface area (Å²) in [4.78, 5) is 6.22. The molecule has 1 aromatic heterocycles. The number of benzene rings is 1. The molecule has 6 heteroatoms. The van der Waals surface area contributed by atoms with Gasteiger partial charge in [0.15, 0.2) is 5.84 Å². The van der Waals surface area contributed by atoms with Gasteiger partial charge in [0.1, 0.15) is 11.5 Å². The number of ether oxygens (including phenoxy) is 2. The largest absolute Gasteiger partial charge is 0.497 e. The Bertz CT molecular complexity index is 741. The predicted octanol–water partition coefficient (Wildman–Crippen LogP) is 3.28. The molecular weight excluding hydrogens is 306 g/mol.